The van der Waals surface area contributed by atoms with Crippen LogP contribution in [-0.2, 0) is 11.3 Å². The molecule has 0 spiro atoms. The maximum absolute atomic E-state index is 13.2. The predicted molar refractivity (Wildman–Crippen MR) is 120 cm³/mol. The van der Waals surface area contributed by atoms with E-state index in [1.807, 2.05) is 42.6 Å². The molecule has 1 amide bonds. The van der Waals surface area contributed by atoms with Crippen molar-refractivity contribution in [2.75, 3.05) is 26.7 Å². The summed E-state index contributed by atoms with van der Waals surface area (Å²) in [5.41, 5.74) is 2.12. The molecule has 1 aromatic heterocycles. The number of carbonyl (C=O) groups is 1. The van der Waals surface area contributed by atoms with Gasteiger partial charge in [0.05, 0.1) is 18.8 Å². The number of rotatable bonds is 6. The van der Waals surface area contributed by atoms with Crippen molar-refractivity contribution in [2.45, 2.75) is 57.7 Å². The number of piperidine rings is 1. The Kier molecular flexibility index (Phi) is 7.07. The van der Waals surface area contributed by atoms with Gasteiger partial charge in [-0.3, -0.25) is 14.7 Å². The second-order valence-electron chi connectivity index (χ2n) is 8.46. The lowest BCUT2D eigenvalue weighted by atomic mass is 9.98. The van der Waals surface area contributed by atoms with Gasteiger partial charge in [0.1, 0.15) is 17.6 Å². The molecule has 2 atom stereocenters. The lowest BCUT2D eigenvalue weighted by Crippen LogP contribution is -2.41. The maximum atomic E-state index is 13.2. The third-order valence-corrected chi connectivity index (χ3v) is 6.37. The first kappa shape index (κ1) is 21.6. The van der Waals surface area contributed by atoms with E-state index in [9.17, 15) is 4.79 Å². The van der Waals surface area contributed by atoms with Crippen LogP contribution in [0.1, 0.15) is 56.3 Å². The number of amides is 1. The number of pyridine rings is 1. The van der Waals surface area contributed by atoms with Gasteiger partial charge in [-0.2, -0.15) is 0 Å². The van der Waals surface area contributed by atoms with E-state index in [4.69, 9.17) is 9.47 Å². The number of methoxy groups -OCH3 is 1. The molecular formula is C25H33N3O3. The van der Waals surface area contributed by atoms with Gasteiger partial charge in [-0.25, -0.2) is 0 Å². The summed E-state index contributed by atoms with van der Waals surface area (Å²) >= 11 is 0. The average Bonchev–Trinajstić information content (AvgIpc) is 3.01. The molecule has 166 valence electrons. The third-order valence-electron chi connectivity index (χ3n) is 6.37. The molecule has 6 nitrogen and oxygen atoms in total. The van der Waals surface area contributed by atoms with Gasteiger partial charge in [0.15, 0.2) is 0 Å². The molecule has 2 aliphatic heterocycles. The second-order valence-corrected chi connectivity index (χ2v) is 8.46. The molecule has 2 unspecified atom stereocenters. The lowest BCUT2D eigenvalue weighted by molar-refractivity contribution is -0.135. The van der Waals surface area contributed by atoms with Crippen LogP contribution in [0.25, 0.3) is 0 Å². The summed E-state index contributed by atoms with van der Waals surface area (Å²) in [6.07, 6.45) is 6.60. The van der Waals surface area contributed by atoms with Gasteiger partial charge < -0.3 is 14.4 Å². The average molecular weight is 424 g/mol. The molecule has 4 rings (SSSR count). The molecule has 1 aromatic carbocycles. The van der Waals surface area contributed by atoms with Crippen LogP contribution in [0.15, 0.2) is 42.6 Å². The minimum Gasteiger partial charge on any atom is -0.497 e. The number of ether oxygens (including phenoxy) is 2. The summed E-state index contributed by atoms with van der Waals surface area (Å²) < 4.78 is 11.6. The number of carbonyl (C=O) groups excluding carboxylic acids is 1. The van der Waals surface area contributed by atoms with E-state index in [0.29, 0.717) is 6.42 Å². The summed E-state index contributed by atoms with van der Waals surface area (Å²) in [5, 5.41) is 0. The Balaban J connectivity index is 1.43. The number of fused-ring (bicyclic) bond motifs is 1. The number of hydrogen-bond acceptors (Lipinski definition) is 5. The SMILES string of the molecule is CCC1CN(CCC(=O)N2CCCCC2c2ccccn2)Cc2cc(OC)ccc2O1. The van der Waals surface area contributed by atoms with Crippen molar-refractivity contribution in [3.63, 3.8) is 0 Å². The monoisotopic (exact) mass is 423 g/mol. The first-order valence-corrected chi connectivity index (χ1v) is 11.4. The first-order valence-electron chi connectivity index (χ1n) is 11.4. The van der Waals surface area contributed by atoms with Crippen LogP contribution in [0, 0.1) is 0 Å². The van der Waals surface area contributed by atoms with E-state index in [1.54, 1.807) is 7.11 Å². The van der Waals surface area contributed by atoms with Crippen LogP contribution in [0.5, 0.6) is 11.5 Å². The van der Waals surface area contributed by atoms with E-state index >= 15 is 0 Å². The van der Waals surface area contributed by atoms with E-state index in [-0.39, 0.29) is 18.1 Å². The molecule has 1 fully saturated rings. The van der Waals surface area contributed by atoms with E-state index in [0.717, 1.165) is 74.6 Å². The molecule has 31 heavy (non-hydrogen) atoms. The maximum Gasteiger partial charge on any atom is 0.224 e. The molecule has 2 aliphatic rings. The highest BCUT2D eigenvalue weighted by molar-refractivity contribution is 5.77. The van der Waals surface area contributed by atoms with Gasteiger partial charge in [0, 0.05) is 44.4 Å². The van der Waals surface area contributed by atoms with Crippen molar-refractivity contribution in [3.8, 4) is 11.5 Å². The highest BCUT2D eigenvalue weighted by Crippen LogP contribution is 2.31. The first-order chi connectivity index (χ1) is 15.2. The summed E-state index contributed by atoms with van der Waals surface area (Å²) in [4.78, 5) is 22.1. The normalized spacial score (nSPS) is 21.7. The zero-order chi connectivity index (χ0) is 21.6. The van der Waals surface area contributed by atoms with Crippen LogP contribution in [0.2, 0.25) is 0 Å². The number of aromatic nitrogens is 1. The molecule has 2 aromatic rings. The number of nitrogens with zero attached hydrogens (tertiary/aromatic N) is 3. The smallest absolute Gasteiger partial charge is 0.224 e. The van der Waals surface area contributed by atoms with Crippen LogP contribution >= 0.6 is 0 Å². The van der Waals surface area contributed by atoms with Gasteiger partial charge in [0.2, 0.25) is 5.91 Å². The van der Waals surface area contributed by atoms with Gasteiger partial charge in [-0.05, 0) is 56.0 Å². The van der Waals surface area contributed by atoms with E-state index in [2.05, 4.69) is 21.7 Å². The van der Waals surface area contributed by atoms with Crippen molar-refractivity contribution in [3.05, 3.63) is 53.9 Å². The van der Waals surface area contributed by atoms with Crippen LogP contribution in [-0.4, -0.2) is 53.5 Å². The minimum atomic E-state index is 0.100. The number of hydrogen-bond donors (Lipinski definition) is 0. The Hall–Kier alpha value is -2.60. The fraction of sp³-hybridized carbons (Fsp3) is 0.520. The van der Waals surface area contributed by atoms with Gasteiger partial charge in [-0.1, -0.05) is 13.0 Å². The quantitative estimate of drug-likeness (QED) is 0.697. The molecule has 0 radical (unpaired) electrons. The number of benzene rings is 1. The van der Waals surface area contributed by atoms with Crippen molar-refractivity contribution in [1.29, 1.82) is 0 Å². The van der Waals surface area contributed by atoms with Crippen LogP contribution in [0.4, 0.5) is 0 Å². The highest BCUT2D eigenvalue weighted by Gasteiger charge is 2.29. The van der Waals surface area contributed by atoms with Crippen molar-refractivity contribution < 1.29 is 14.3 Å². The van der Waals surface area contributed by atoms with Crippen LogP contribution in [0.3, 0.4) is 0 Å². The molecule has 1 saturated heterocycles. The third kappa shape index (κ3) is 5.18. The van der Waals surface area contributed by atoms with Crippen molar-refractivity contribution >= 4 is 5.91 Å². The van der Waals surface area contributed by atoms with E-state index in [1.165, 1.54) is 0 Å². The highest BCUT2D eigenvalue weighted by atomic mass is 16.5. The zero-order valence-corrected chi connectivity index (χ0v) is 18.6. The standard InChI is InChI=1S/C25H33N3O3/c1-3-20-18-27(17-19-16-21(30-2)10-11-24(19)31-20)15-12-25(29)28-14-7-5-9-23(28)22-8-4-6-13-26-22/h4,6,8,10-11,13,16,20,23H,3,5,7,9,12,14-15,17-18H2,1-2H3. The summed E-state index contributed by atoms with van der Waals surface area (Å²) in [6, 6.07) is 12.1. The Bertz CT molecular complexity index is 874. The van der Waals surface area contributed by atoms with Crippen molar-refractivity contribution in [2.24, 2.45) is 0 Å². The Labute approximate surface area is 185 Å². The van der Waals surface area contributed by atoms with Crippen molar-refractivity contribution in [1.82, 2.24) is 14.8 Å². The van der Waals surface area contributed by atoms with Gasteiger partial charge in [0.25, 0.3) is 0 Å². The largest absolute Gasteiger partial charge is 0.497 e. The van der Waals surface area contributed by atoms with Gasteiger partial charge in [-0.15, -0.1) is 0 Å². The second kappa shape index (κ2) is 10.1. The fourth-order valence-corrected chi connectivity index (χ4v) is 4.62. The Morgan fingerprint density at radius 1 is 1.26 bits per heavy atom. The Morgan fingerprint density at radius 3 is 2.94 bits per heavy atom. The Morgan fingerprint density at radius 2 is 2.16 bits per heavy atom. The minimum absolute atomic E-state index is 0.100. The lowest BCUT2D eigenvalue weighted by Gasteiger charge is -2.36. The molecule has 3 heterocycles. The fourth-order valence-electron chi connectivity index (χ4n) is 4.62. The topological polar surface area (TPSA) is 54.9 Å². The molecular weight excluding hydrogens is 390 g/mol. The van der Waals surface area contributed by atoms with Crippen LogP contribution < -0.4 is 9.47 Å². The summed E-state index contributed by atoms with van der Waals surface area (Å²) in [6.45, 7) is 5.28. The van der Waals surface area contributed by atoms with Gasteiger partial charge >= 0.3 is 0 Å². The predicted octanol–water partition coefficient (Wildman–Crippen LogP) is 4.21. The number of likely N-dealkylation sites (tertiary alicyclic amines) is 1. The summed E-state index contributed by atoms with van der Waals surface area (Å²) in [5.74, 6) is 1.98. The zero-order valence-electron chi connectivity index (χ0n) is 18.6. The van der Waals surface area contributed by atoms with E-state index < -0.39 is 0 Å². The molecule has 0 bridgehead atoms. The molecule has 0 saturated carbocycles. The summed E-state index contributed by atoms with van der Waals surface area (Å²) in [7, 11) is 1.68. The molecule has 6 heteroatoms. The molecule has 0 aliphatic carbocycles. The molecule has 0 N–H and O–H groups in total.